The summed E-state index contributed by atoms with van der Waals surface area (Å²) >= 11 is 11.9. The van der Waals surface area contributed by atoms with Crippen molar-refractivity contribution in [1.29, 1.82) is 0 Å². The Morgan fingerprint density at radius 3 is 2.60 bits per heavy atom. The number of amides is 1. The van der Waals surface area contributed by atoms with E-state index >= 15 is 0 Å². The molecule has 104 valence electrons. The molecule has 20 heavy (non-hydrogen) atoms. The summed E-state index contributed by atoms with van der Waals surface area (Å²) in [5, 5.41) is 3.67. The van der Waals surface area contributed by atoms with Crippen LogP contribution in [0.4, 0.5) is 10.1 Å². The summed E-state index contributed by atoms with van der Waals surface area (Å²) < 4.78 is 13.6. The van der Waals surface area contributed by atoms with E-state index < -0.39 is 11.7 Å². The summed E-state index contributed by atoms with van der Waals surface area (Å²) in [6.07, 6.45) is 0. The Balaban J connectivity index is 2.23. The molecule has 0 heterocycles. The lowest BCUT2D eigenvalue weighted by molar-refractivity contribution is 0.100. The average Bonchev–Trinajstić information content (AvgIpc) is 2.39. The molecule has 0 fully saturated rings. The van der Waals surface area contributed by atoms with Crippen molar-refractivity contribution in [2.24, 2.45) is 5.73 Å². The smallest absolute Gasteiger partial charge is 0.248 e. The molecule has 2 rings (SSSR count). The Kier molecular flexibility index (Phi) is 4.47. The fraction of sp³-hybridized carbons (Fsp3) is 0.0714. The highest BCUT2D eigenvalue weighted by Gasteiger charge is 2.09. The SMILES string of the molecule is NC(=O)c1ccc(Cl)c(NCc2c(F)cccc2Cl)c1. The molecule has 2 aromatic rings. The van der Waals surface area contributed by atoms with Gasteiger partial charge in [-0.25, -0.2) is 4.39 Å². The van der Waals surface area contributed by atoms with Crippen LogP contribution in [0.1, 0.15) is 15.9 Å². The van der Waals surface area contributed by atoms with Gasteiger partial charge in [0, 0.05) is 22.7 Å². The van der Waals surface area contributed by atoms with Crippen LogP contribution in [-0.2, 0) is 6.54 Å². The van der Waals surface area contributed by atoms with Crippen molar-refractivity contribution < 1.29 is 9.18 Å². The number of nitrogens with two attached hydrogens (primary N) is 1. The van der Waals surface area contributed by atoms with Gasteiger partial charge in [0.1, 0.15) is 5.82 Å². The quantitative estimate of drug-likeness (QED) is 0.901. The van der Waals surface area contributed by atoms with Crippen LogP contribution in [0.25, 0.3) is 0 Å². The minimum Gasteiger partial charge on any atom is -0.380 e. The Labute approximate surface area is 125 Å². The van der Waals surface area contributed by atoms with Crippen LogP contribution in [-0.4, -0.2) is 5.91 Å². The molecule has 0 saturated carbocycles. The molecule has 0 atom stereocenters. The lowest BCUT2D eigenvalue weighted by Crippen LogP contribution is -2.11. The molecule has 0 aliphatic rings. The van der Waals surface area contributed by atoms with Gasteiger partial charge < -0.3 is 11.1 Å². The van der Waals surface area contributed by atoms with Crippen LogP contribution in [0, 0.1) is 5.82 Å². The number of benzene rings is 2. The van der Waals surface area contributed by atoms with Crippen molar-refractivity contribution in [3.63, 3.8) is 0 Å². The molecule has 6 heteroatoms. The summed E-state index contributed by atoms with van der Waals surface area (Å²) in [6.45, 7) is 0.146. The van der Waals surface area contributed by atoms with Crippen molar-refractivity contribution >= 4 is 34.8 Å². The molecule has 0 saturated heterocycles. The molecular weight excluding hydrogens is 302 g/mol. The number of carbonyl (C=O) groups is 1. The fourth-order valence-corrected chi connectivity index (χ4v) is 2.11. The van der Waals surface area contributed by atoms with Crippen LogP contribution in [0.3, 0.4) is 0 Å². The molecule has 0 spiro atoms. The Hall–Kier alpha value is -1.78. The maximum atomic E-state index is 13.6. The Bertz CT molecular complexity index is 641. The number of hydrogen-bond donors (Lipinski definition) is 2. The van der Waals surface area contributed by atoms with Crippen LogP contribution >= 0.6 is 23.2 Å². The second-order valence-electron chi connectivity index (χ2n) is 4.11. The van der Waals surface area contributed by atoms with Crippen LogP contribution in [0.2, 0.25) is 10.0 Å². The van der Waals surface area contributed by atoms with Gasteiger partial charge in [0.2, 0.25) is 5.91 Å². The molecule has 0 radical (unpaired) electrons. The Morgan fingerprint density at radius 1 is 1.20 bits per heavy atom. The first kappa shape index (κ1) is 14.6. The van der Waals surface area contributed by atoms with Gasteiger partial charge in [0.25, 0.3) is 0 Å². The van der Waals surface area contributed by atoms with Gasteiger partial charge in [0.15, 0.2) is 0 Å². The predicted octanol–water partition coefficient (Wildman–Crippen LogP) is 3.84. The highest BCUT2D eigenvalue weighted by atomic mass is 35.5. The van der Waals surface area contributed by atoms with Crippen molar-refractivity contribution in [1.82, 2.24) is 0 Å². The first-order valence-electron chi connectivity index (χ1n) is 5.75. The van der Waals surface area contributed by atoms with Crippen LogP contribution < -0.4 is 11.1 Å². The number of rotatable bonds is 4. The maximum absolute atomic E-state index is 13.6. The normalized spacial score (nSPS) is 10.3. The topological polar surface area (TPSA) is 55.1 Å². The zero-order valence-corrected chi connectivity index (χ0v) is 11.8. The standard InChI is InChI=1S/C14H11Cl2FN2O/c15-10-2-1-3-12(17)9(10)7-19-13-6-8(14(18)20)4-5-11(13)16/h1-6,19H,7H2,(H2,18,20). The van der Waals surface area contributed by atoms with Crippen molar-refractivity contribution in [3.8, 4) is 0 Å². The summed E-state index contributed by atoms with van der Waals surface area (Å²) in [5.74, 6) is -0.971. The molecule has 0 bridgehead atoms. The van der Waals surface area contributed by atoms with E-state index in [9.17, 15) is 9.18 Å². The van der Waals surface area contributed by atoms with Crippen LogP contribution in [0.15, 0.2) is 36.4 Å². The van der Waals surface area contributed by atoms with Gasteiger partial charge in [-0.15, -0.1) is 0 Å². The van der Waals surface area contributed by atoms with E-state index in [1.807, 2.05) is 0 Å². The van der Waals surface area contributed by atoms with E-state index in [1.165, 1.54) is 24.3 Å². The minimum atomic E-state index is -0.561. The van der Waals surface area contributed by atoms with Gasteiger partial charge in [-0.2, -0.15) is 0 Å². The highest BCUT2D eigenvalue weighted by molar-refractivity contribution is 6.33. The van der Waals surface area contributed by atoms with Crippen molar-refractivity contribution in [2.75, 3.05) is 5.32 Å². The monoisotopic (exact) mass is 312 g/mol. The van der Waals surface area contributed by atoms with Gasteiger partial charge in [0.05, 0.1) is 10.7 Å². The summed E-state index contributed by atoms with van der Waals surface area (Å²) in [4.78, 5) is 11.1. The number of carbonyl (C=O) groups excluding carboxylic acids is 1. The number of primary amides is 1. The third-order valence-electron chi connectivity index (χ3n) is 2.77. The molecule has 0 aliphatic carbocycles. The third-order valence-corrected chi connectivity index (χ3v) is 3.45. The maximum Gasteiger partial charge on any atom is 0.248 e. The number of halogens is 3. The number of hydrogen-bond acceptors (Lipinski definition) is 2. The zero-order valence-electron chi connectivity index (χ0n) is 10.3. The molecule has 0 aliphatic heterocycles. The van der Waals surface area contributed by atoms with E-state index in [4.69, 9.17) is 28.9 Å². The lowest BCUT2D eigenvalue weighted by Gasteiger charge is -2.11. The third kappa shape index (κ3) is 3.21. The second kappa shape index (κ2) is 6.11. The van der Waals surface area contributed by atoms with Gasteiger partial charge in [-0.3, -0.25) is 4.79 Å². The summed E-state index contributed by atoms with van der Waals surface area (Å²) in [7, 11) is 0. The van der Waals surface area contributed by atoms with Gasteiger partial charge in [-0.1, -0.05) is 29.3 Å². The Morgan fingerprint density at radius 2 is 1.95 bits per heavy atom. The zero-order chi connectivity index (χ0) is 14.7. The molecule has 0 unspecified atom stereocenters. The molecular formula is C14H11Cl2FN2O. The van der Waals surface area contributed by atoms with Crippen molar-refractivity contribution in [2.45, 2.75) is 6.54 Å². The fourth-order valence-electron chi connectivity index (χ4n) is 1.70. The van der Waals surface area contributed by atoms with E-state index in [0.29, 0.717) is 26.9 Å². The molecule has 3 nitrogen and oxygen atoms in total. The first-order chi connectivity index (χ1) is 9.49. The van der Waals surface area contributed by atoms with E-state index in [0.717, 1.165) is 0 Å². The van der Waals surface area contributed by atoms with E-state index in [-0.39, 0.29) is 6.54 Å². The predicted molar refractivity (Wildman–Crippen MR) is 78.7 cm³/mol. The molecule has 2 aromatic carbocycles. The van der Waals surface area contributed by atoms with E-state index in [2.05, 4.69) is 5.32 Å². The lowest BCUT2D eigenvalue weighted by atomic mass is 10.1. The summed E-state index contributed by atoms with van der Waals surface area (Å²) in [5.41, 5.74) is 6.33. The summed E-state index contributed by atoms with van der Waals surface area (Å²) in [6, 6.07) is 9.04. The molecule has 1 amide bonds. The van der Waals surface area contributed by atoms with Crippen molar-refractivity contribution in [3.05, 3.63) is 63.4 Å². The molecule has 3 N–H and O–H groups in total. The van der Waals surface area contributed by atoms with Crippen LogP contribution in [0.5, 0.6) is 0 Å². The highest BCUT2D eigenvalue weighted by Crippen LogP contribution is 2.25. The molecule has 0 aromatic heterocycles. The number of anilines is 1. The number of nitrogens with one attached hydrogen (secondary N) is 1. The largest absolute Gasteiger partial charge is 0.380 e. The van der Waals surface area contributed by atoms with E-state index in [1.54, 1.807) is 12.1 Å². The second-order valence-corrected chi connectivity index (χ2v) is 4.93. The average molecular weight is 313 g/mol. The first-order valence-corrected chi connectivity index (χ1v) is 6.50. The minimum absolute atomic E-state index is 0.146. The van der Waals surface area contributed by atoms with Gasteiger partial charge in [-0.05, 0) is 30.3 Å². The van der Waals surface area contributed by atoms with Gasteiger partial charge >= 0.3 is 0 Å².